The summed E-state index contributed by atoms with van der Waals surface area (Å²) in [7, 11) is 0. The van der Waals surface area contributed by atoms with Gasteiger partial charge in [0.1, 0.15) is 12.4 Å². The highest BCUT2D eigenvalue weighted by molar-refractivity contribution is 5.87. The summed E-state index contributed by atoms with van der Waals surface area (Å²) in [6, 6.07) is 7.22. The van der Waals surface area contributed by atoms with Crippen molar-refractivity contribution in [3.63, 3.8) is 0 Å². The molecule has 1 aromatic carbocycles. The van der Waals surface area contributed by atoms with E-state index in [2.05, 4.69) is 12.2 Å². The van der Waals surface area contributed by atoms with Gasteiger partial charge >= 0.3 is 5.97 Å². The van der Waals surface area contributed by atoms with Gasteiger partial charge in [-0.3, -0.25) is 0 Å². The summed E-state index contributed by atoms with van der Waals surface area (Å²) in [5, 5.41) is 12.5. The van der Waals surface area contributed by atoms with Gasteiger partial charge in [0.05, 0.1) is 5.56 Å². The van der Waals surface area contributed by atoms with E-state index >= 15 is 0 Å². The number of carbonyl (C=O) groups is 1. The summed E-state index contributed by atoms with van der Waals surface area (Å²) < 4.78 is 5.63. The minimum Gasteiger partial charge on any atom is -0.492 e. The lowest BCUT2D eigenvalue weighted by Gasteiger charge is -2.22. The Kier molecular flexibility index (Phi) is 6.05. The average molecular weight is 291 g/mol. The number of aromatic carboxylic acids is 1. The molecule has 2 atom stereocenters. The molecule has 1 fully saturated rings. The van der Waals surface area contributed by atoms with Crippen LogP contribution in [0.5, 0.6) is 5.75 Å². The number of nitrogens with one attached hydrogen (secondary N) is 1. The Morgan fingerprint density at radius 2 is 2.14 bits per heavy atom. The molecular weight excluding hydrogens is 266 g/mol. The van der Waals surface area contributed by atoms with Crippen LogP contribution in [0.25, 0.3) is 0 Å². The van der Waals surface area contributed by atoms with E-state index in [0.717, 1.165) is 12.5 Å². The topological polar surface area (TPSA) is 58.6 Å². The summed E-state index contributed by atoms with van der Waals surface area (Å²) >= 11 is 0. The smallest absolute Gasteiger partial charge is 0.335 e. The molecule has 4 nitrogen and oxygen atoms in total. The van der Waals surface area contributed by atoms with Crippen LogP contribution in [0.15, 0.2) is 24.3 Å². The van der Waals surface area contributed by atoms with Crippen molar-refractivity contribution in [1.82, 2.24) is 5.32 Å². The fourth-order valence-electron chi connectivity index (χ4n) is 2.93. The summed E-state index contributed by atoms with van der Waals surface area (Å²) in [5.41, 5.74) is 0.262. The van der Waals surface area contributed by atoms with Crippen molar-refractivity contribution in [1.29, 1.82) is 0 Å². The molecule has 21 heavy (non-hydrogen) atoms. The molecule has 1 aliphatic rings. The molecule has 0 bridgehead atoms. The van der Waals surface area contributed by atoms with Gasteiger partial charge in [0.2, 0.25) is 0 Å². The minimum absolute atomic E-state index is 0.262. The summed E-state index contributed by atoms with van der Waals surface area (Å²) in [5.74, 6) is 0.416. The molecule has 2 N–H and O–H groups in total. The van der Waals surface area contributed by atoms with E-state index in [1.54, 1.807) is 24.3 Å². The van der Waals surface area contributed by atoms with Crippen molar-refractivity contribution in [3.05, 3.63) is 29.8 Å². The highest BCUT2D eigenvalue weighted by Gasteiger charge is 2.18. The number of rotatable bonds is 6. The van der Waals surface area contributed by atoms with Crippen molar-refractivity contribution in [2.24, 2.45) is 5.92 Å². The third-order valence-electron chi connectivity index (χ3n) is 4.22. The fourth-order valence-corrected chi connectivity index (χ4v) is 2.93. The Hall–Kier alpha value is -1.55. The number of benzene rings is 1. The van der Waals surface area contributed by atoms with E-state index < -0.39 is 5.97 Å². The van der Waals surface area contributed by atoms with Crippen molar-refractivity contribution in [3.8, 4) is 5.75 Å². The van der Waals surface area contributed by atoms with Gasteiger partial charge in [-0.2, -0.15) is 0 Å². The largest absolute Gasteiger partial charge is 0.492 e. The Morgan fingerprint density at radius 1 is 1.33 bits per heavy atom. The molecule has 0 aliphatic heterocycles. The molecule has 1 aromatic rings. The van der Waals surface area contributed by atoms with Crippen LogP contribution in [-0.4, -0.2) is 30.3 Å². The third kappa shape index (κ3) is 5.05. The number of ether oxygens (including phenoxy) is 1. The van der Waals surface area contributed by atoms with Crippen LogP contribution in [0, 0.1) is 5.92 Å². The van der Waals surface area contributed by atoms with Gasteiger partial charge in [-0.05, 0) is 37.0 Å². The maximum absolute atomic E-state index is 10.9. The molecule has 0 spiro atoms. The molecular formula is C17H25NO3. The molecule has 2 rings (SSSR count). The average Bonchev–Trinajstić information content (AvgIpc) is 2.69. The van der Waals surface area contributed by atoms with Gasteiger partial charge in [0.15, 0.2) is 0 Å². The Labute approximate surface area is 126 Å². The van der Waals surface area contributed by atoms with E-state index in [-0.39, 0.29) is 5.56 Å². The van der Waals surface area contributed by atoms with Crippen LogP contribution >= 0.6 is 0 Å². The van der Waals surface area contributed by atoms with Crippen LogP contribution in [0.3, 0.4) is 0 Å². The molecule has 0 amide bonds. The van der Waals surface area contributed by atoms with Gasteiger partial charge < -0.3 is 15.2 Å². The number of carboxylic acids is 1. The zero-order chi connectivity index (χ0) is 15.1. The van der Waals surface area contributed by atoms with Gasteiger partial charge in [0, 0.05) is 12.6 Å². The molecule has 0 radical (unpaired) electrons. The first-order valence-corrected chi connectivity index (χ1v) is 7.86. The second-order valence-corrected chi connectivity index (χ2v) is 5.86. The third-order valence-corrected chi connectivity index (χ3v) is 4.22. The zero-order valence-corrected chi connectivity index (χ0v) is 12.7. The van der Waals surface area contributed by atoms with Gasteiger partial charge in [0.25, 0.3) is 0 Å². The number of hydrogen-bond donors (Lipinski definition) is 2. The minimum atomic E-state index is -0.925. The number of hydrogen-bond acceptors (Lipinski definition) is 3. The SMILES string of the molecule is CC1CCCCCC1NCCOc1cccc(C(=O)O)c1. The lowest BCUT2D eigenvalue weighted by molar-refractivity contribution is 0.0696. The molecule has 0 saturated heterocycles. The van der Waals surface area contributed by atoms with Crippen LogP contribution in [-0.2, 0) is 0 Å². The summed E-state index contributed by atoms with van der Waals surface area (Å²) in [6.45, 7) is 3.68. The monoisotopic (exact) mass is 291 g/mol. The molecule has 4 heteroatoms. The van der Waals surface area contributed by atoms with Gasteiger partial charge in [-0.25, -0.2) is 4.79 Å². The highest BCUT2D eigenvalue weighted by Crippen LogP contribution is 2.22. The Morgan fingerprint density at radius 3 is 2.95 bits per heavy atom. The Balaban J connectivity index is 1.74. The first kappa shape index (κ1) is 15.8. The van der Waals surface area contributed by atoms with Gasteiger partial charge in [-0.15, -0.1) is 0 Å². The highest BCUT2D eigenvalue weighted by atomic mass is 16.5. The van der Waals surface area contributed by atoms with E-state index in [4.69, 9.17) is 9.84 Å². The normalized spacial score (nSPS) is 22.5. The first-order chi connectivity index (χ1) is 10.2. The van der Waals surface area contributed by atoms with Crippen molar-refractivity contribution in [2.45, 2.75) is 45.1 Å². The Bertz CT molecular complexity index is 461. The fraction of sp³-hybridized carbons (Fsp3) is 0.588. The maximum atomic E-state index is 10.9. The number of carboxylic acid groups (broad SMARTS) is 1. The van der Waals surface area contributed by atoms with Gasteiger partial charge in [-0.1, -0.05) is 32.3 Å². The molecule has 116 valence electrons. The van der Waals surface area contributed by atoms with Crippen molar-refractivity contribution in [2.75, 3.05) is 13.2 Å². The summed E-state index contributed by atoms with van der Waals surface area (Å²) in [6.07, 6.45) is 6.55. The lowest BCUT2D eigenvalue weighted by Crippen LogP contribution is -2.36. The van der Waals surface area contributed by atoms with E-state index in [0.29, 0.717) is 18.4 Å². The van der Waals surface area contributed by atoms with Crippen LogP contribution < -0.4 is 10.1 Å². The molecule has 1 saturated carbocycles. The maximum Gasteiger partial charge on any atom is 0.335 e. The second kappa shape index (κ2) is 8.03. The standard InChI is InChI=1S/C17H25NO3/c1-13-6-3-2-4-9-16(13)18-10-11-21-15-8-5-7-14(12-15)17(19)20/h5,7-8,12-13,16,18H,2-4,6,9-11H2,1H3,(H,19,20). The van der Waals surface area contributed by atoms with E-state index in [9.17, 15) is 4.79 Å². The zero-order valence-electron chi connectivity index (χ0n) is 12.7. The molecule has 0 heterocycles. The summed E-state index contributed by atoms with van der Waals surface area (Å²) in [4.78, 5) is 10.9. The van der Waals surface area contributed by atoms with Crippen LogP contribution in [0.1, 0.15) is 49.4 Å². The second-order valence-electron chi connectivity index (χ2n) is 5.86. The molecule has 2 unspecified atom stereocenters. The van der Waals surface area contributed by atoms with Crippen LogP contribution in [0.4, 0.5) is 0 Å². The predicted molar refractivity (Wildman–Crippen MR) is 82.9 cm³/mol. The van der Waals surface area contributed by atoms with Crippen LogP contribution in [0.2, 0.25) is 0 Å². The van der Waals surface area contributed by atoms with E-state index in [1.807, 2.05) is 0 Å². The van der Waals surface area contributed by atoms with E-state index in [1.165, 1.54) is 32.1 Å². The predicted octanol–water partition coefficient (Wildman–Crippen LogP) is 3.32. The van der Waals surface area contributed by atoms with Crippen molar-refractivity contribution < 1.29 is 14.6 Å². The quantitative estimate of drug-likeness (QED) is 0.623. The molecule has 0 aromatic heterocycles. The molecule has 1 aliphatic carbocycles. The first-order valence-electron chi connectivity index (χ1n) is 7.86. The lowest BCUT2D eigenvalue weighted by atomic mass is 9.97. The van der Waals surface area contributed by atoms with Crippen molar-refractivity contribution >= 4 is 5.97 Å².